The summed E-state index contributed by atoms with van der Waals surface area (Å²) in [6, 6.07) is 4.72. The third-order valence-electron chi connectivity index (χ3n) is 4.37. The van der Waals surface area contributed by atoms with Gasteiger partial charge in [-0.25, -0.2) is 0 Å². The highest BCUT2D eigenvalue weighted by Gasteiger charge is 2.14. The summed E-state index contributed by atoms with van der Waals surface area (Å²) in [5.74, 6) is 0. The lowest BCUT2D eigenvalue weighted by Crippen LogP contribution is -2.29. The van der Waals surface area contributed by atoms with Crippen LogP contribution in [0.5, 0.6) is 0 Å². The van der Waals surface area contributed by atoms with Crippen LogP contribution in [0.1, 0.15) is 48.3 Å². The number of nitrogens with zero attached hydrogens (tertiary/aromatic N) is 2. The van der Waals surface area contributed by atoms with E-state index in [2.05, 4.69) is 21.9 Å². The van der Waals surface area contributed by atoms with Crippen LogP contribution in [0.25, 0.3) is 0 Å². The van der Waals surface area contributed by atoms with E-state index in [-0.39, 0.29) is 0 Å². The van der Waals surface area contributed by atoms with Crippen molar-refractivity contribution in [2.75, 3.05) is 26.2 Å². The van der Waals surface area contributed by atoms with E-state index in [0.717, 1.165) is 0 Å². The maximum Gasteiger partial charge on any atom is 0.0328 e. The summed E-state index contributed by atoms with van der Waals surface area (Å²) in [6.45, 7) is 7.59. The fourth-order valence-corrected chi connectivity index (χ4v) is 4.37. The van der Waals surface area contributed by atoms with Gasteiger partial charge in [0.15, 0.2) is 0 Å². The molecular formula is C16H26N2S. The molecule has 2 fully saturated rings. The summed E-state index contributed by atoms with van der Waals surface area (Å²) in [5, 5.41) is 0. The SMILES string of the molecule is c1cc(CN2CCCCC2)sc1CN1CCCCC1. The summed E-state index contributed by atoms with van der Waals surface area (Å²) in [5.41, 5.74) is 0. The molecule has 0 aromatic carbocycles. The zero-order chi connectivity index (χ0) is 12.9. The number of likely N-dealkylation sites (tertiary alicyclic amines) is 2. The first-order valence-corrected chi connectivity index (χ1v) is 8.74. The van der Waals surface area contributed by atoms with Crippen LogP contribution in [-0.4, -0.2) is 36.0 Å². The van der Waals surface area contributed by atoms with Gasteiger partial charge in [0.25, 0.3) is 0 Å². The Morgan fingerprint density at radius 3 is 1.53 bits per heavy atom. The molecule has 1 aromatic heterocycles. The Bertz CT molecular complexity index is 341. The van der Waals surface area contributed by atoms with Crippen molar-refractivity contribution in [1.29, 1.82) is 0 Å². The second-order valence-electron chi connectivity index (χ2n) is 6.04. The summed E-state index contributed by atoms with van der Waals surface area (Å²) in [6.07, 6.45) is 8.44. The van der Waals surface area contributed by atoms with Gasteiger partial charge in [-0.05, 0) is 64.0 Å². The van der Waals surface area contributed by atoms with Gasteiger partial charge < -0.3 is 0 Å². The minimum atomic E-state index is 1.19. The van der Waals surface area contributed by atoms with Crippen molar-refractivity contribution in [3.63, 3.8) is 0 Å². The van der Waals surface area contributed by atoms with Crippen molar-refractivity contribution in [2.45, 2.75) is 51.6 Å². The third-order valence-corrected chi connectivity index (χ3v) is 5.43. The van der Waals surface area contributed by atoms with Crippen LogP contribution in [0.3, 0.4) is 0 Å². The van der Waals surface area contributed by atoms with E-state index in [4.69, 9.17) is 0 Å². The lowest BCUT2D eigenvalue weighted by Gasteiger charge is -2.26. The summed E-state index contributed by atoms with van der Waals surface area (Å²) in [7, 11) is 0. The first-order chi connectivity index (χ1) is 9.40. The molecule has 0 saturated carbocycles. The lowest BCUT2D eigenvalue weighted by atomic mass is 10.1. The molecule has 2 nitrogen and oxygen atoms in total. The van der Waals surface area contributed by atoms with E-state index in [1.54, 1.807) is 9.75 Å². The van der Waals surface area contributed by atoms with Crippen molar-refractivity contribution in [3.05, 3.63) is 21.9 Å². The van der Waals surface area contributed by atoms with E-state index in [1.807, 2.05) is 11.3 Å². The largest absolute Gasteiger partial charge is 0.298 e. The quantitative estimate of drug-likeness (QED) is 0.828. The minimum Gasteiger partial charge on any atom is -0.298 e. The van der Waals surface area contributed by atoms with Gasteiger partial charge in [-0.3, -0.25) is 9.80 Å². The molecule has 2 aliphatic rings. The Hall–Kier alpha value is -0.380. The van der Waals surface area contributed by atoms with Crippen LogP contribution in [-0.2, 0) is 13.1 Å². The number of rotatable bonds is 4. The topological polar surface area (TPSA) is 6.48 Å². The zero-order valence-corrected chi connectivity index (χ0v) is 12.8. The molecule has 0 aliphatic carbocycles. The van der Waals surface area contributed by atoms with Gasteiger partial charge in [0, 0.05) is 22.8 Å². The Balaban J connectivity index is 1.50. The molecule has 0 spiro atoms. The normalized spacial score (nSPS) is 22.7. The average Bonchev–Trinajstić information content (AvgIpc) is 2.88. The molecule has 3 heterocycles. The molecule has 0 unspecified atom stereocenters. The number of piperidine rings is 2. The van der Waals surface area contributed by atoms with E-state index in [1.165, 1.54) is 77.8 Å². The van der Waals surface area contributed by atoms with Crippen LogP contribution in [0.15, 0.2) is 12.1 Å². The summed E-state index contributed by atoms with van der Waals surface area (Å²) >= 11 is 2.04. The molecule has 1 aromatic rings. The third kappa shape index (κ3) is 4.04. The highest BCUT2D eigenvalue weighted by molar-refractivity contribution is 7.11. The van der Waals surface area contributed by atoms with Crippen molar-refractivity contribution in [3.8, 4) is 0 Å². The fourth-order valence-electron chi connectivity index (χ4n) is 3.27. The number of hydrogen-bond acceptors (Lipinski definition) is 3. The van der Waals surface area contributed by atoms with Crippen LogP contribution in [0.4, 0.5) is 0 Å². The lowest BCUT2D eigenvalue weighted by molar-refractivity contribution is 0.222. The second-order valence-corrected chi connectivity index (χ2v) is 7.29. The molecule has 0 N–H and O–H groups in total. The van der Waals surface area contributed by atoms with E-state index in [9.17, 15) is 0 Å². The maximum atomic E-state index is 2.63. The minimum absolute atomic E-state index is 1.19. The molecule has 2 saturated heterocycles. The maximum absolute atomic E-state index is 2.63. The van der Waals surface area contributed by atoms with Crippen LogP contribution < -0.4 is 0 Å². The fraction of sp³-hybridized carbons (Fsp3) is 0.750. The van der Waals surface area contributed by atoms with Crippen molar-refractivity contribution in [1.82, 2.24) is 9.80 Å². The van der Waals surface area contributed by atoms with Crippen molar-refractivity contribution < 1.29 is 0 Å². The molecule has 2 aliphatic heterocycles. The van der Waals surface area contributed by atoms with Gasteiger partial charge in [0.2, 0.25) is 0 Å². The zero-order valence-electron chi connectivity index (χ0n) is 11.9. The Labute approximate surface area is 121 Å². The van der Waals surface area contributed by atoms with Gasteiger partial charge in [0.1, 0.15) is 0 Å². The molecule has 0 atom stereocenters. The molecular weight excluding hydrogens is 252 g/mol. The smallest absolute Gasteiger partial charge is 0.0328 e. The van der Waals surface area contributed by atoms with Gasteiger partial charge >= 0.3 is 0 Å². The van der Waals surface area contributed by atoms with Crippen LogP contribution in [0.2, 0.25) is 0 Å². The van der Waals surface area contributed by atoms with E-state index in [0.29, 0.717) is 0 Å². The van der Waals surface area contributed by atoms with Gasteiger partial charge in [-0.2, -0.15) is 0 Å². The Morgan fingerprint density at radius 1 is 0.684 bits per heavy atom. The molecule has 0 radical (unpaired) electrons. The number of thiophene rings is 1. The standard InChI is InChI=1S/C16H26N2S/c1-3-9-17(10-4-1)13-15-7-8-16(19-15)14-18-11-5-2-6-12-18/h7-8H,1-6,9-14H2. The predicted molar refractivity (Wildman–Crippen MR) is 82.6 cm³/mol. The first kappa shape index (κ1) is 13.6. The van der Waals surface area contributed by atoms with Gasteiger partial charge in [0.05, 0.1) is 0 Å². The molecule has 3 heteroatoms. The molecule has 106 valence electrons. The number of hydrogen-bond donors (Lipinski definition) is 0. The first-order valence-electron chi connectivity index (χ1n) is 7.92. The van der Waals surface area contributed by atoms with Crippen molar-refractivity contribution in [2.24, 2.45) is 0 Å². The van der Waals surface area contributed by atoms with Gasteiger partial charge in [-0.1, -0.05) is 12.8 Å². The highest BCUT2D eigenvalue weighted by atomic mass is 32.1. The van der Waals surface area contributed by atoms with E-state index >= 15 is 0 Å². The Morgan fingerprint density at radius 2 is 1.11 bits per heavy atom. The average molecular weight is 278 g/mol. The molecule has 0 bridgehead atoms. The molecule has 3 rings (SSSR count). The monoisotopic (exact) mass is 278 g/mol. The predicted octanol–water partition coefficient (Wildman–Crippen LogP) is 3.72. The van der Waals surface area contributed by atoms with E-state index < -0.39 is 0 Å². The summed E-state index contributed by atoms with van der Waals surface area (Å²) < 4.78 is 0. The van der Waals surface area contributed by atoms with Crippen LogP contribution in [0, 0.1) is 0 Å². The van der Waals surface area contributed by atoms with Crippen molar-refractivity contribution >= 4 is 11.3 Å². The molecule has 0 amide bonds. The summed E-state index contributed by atoms with van der Waals surface area (Å²) in [4.78, 5) is 8.38. The highest BCUT2D eigenvalue weighted by Crippen LogP contribution is 2.22. The second kappa shape index (κ2) is 6.87. The van der Waals surface area contributed by atoms with Gasteiger partial charge in [-0.15, -0.1) is 11.3 Å². The Kier molecular flexibility index (Phi) is 4.91. The molecule has 19 heavy (non-hydrogen) atoms. The van der Waals surface area contributed by atoms with Crippen LogP contribution >= 0.6 is 11.3 Å².